The largest absolute Gasteiger partial charge is 0.315 e. The molecule has 0 spiro atoms. The highest BCUT2D eigenvalue weighted by molar-refractivity contribution is 4.93. The lowest BCUT2D eigenvalue weighted by atomic mass is 10.2. The van der Waals surface area contributed by atoms with Crippen LogP contribution in [0.5, 0.6) is 0 Å². The minimum Gasteiger partial charge on any atom is -0.315 e. The van der Waals surface area contributed by atoms with Crippen molar-refractivity contribution >= 4 is 0 Å². The number of aromatic nitrogens is 1. The summed E-state index contributed by atoms with van der Waals surface area (Å²) in [6.45, 7) is 2.73. The fourth-order valence-electron chi connectivity index (χ4n) is 1.89. The van der Waals surface area contributed by atoms with E-state index in [0.717, 1.165) is 25.6 Å². The quantitative estimate of drug-likeness (QED) is 0.709. The molecule has 16 heavy (non-hydrogen) atoms. The maximum atomic E-state index is 11.4. The van der Waals surface area contributed by atoms with Crippen LogP contribution in [0.3, 0.4) is 0 Å². The van der Waals surface area contributed by atoms with E-state index in [2.05, 4.69) is 5.32 Å². The van der Waals surface area contributed by atoms with Gasteiger partial charge in [0.15, 0.2) is 0 Å². The first kappa shape index (κ1) is 11.4. The SMILES string of the molecule is O=c1ccccn1CCNCCCC1CC1. The predicted molar refractivity (Wildman–Crippen MR) is 65.5 cm³/mol. The van der Waals surface area contributed by atoms with Crippen LogP contribution in [0.25, 0.3) is 0 Å². The average molecular weight is 220 g/mol. The highest BCUT2D eigenvalue weighted by Crippen LogP contribution is 2.33. The molecule has 0 amide bonds. The van der Waals surface area contributed by atoms with Crippen LogP contribution in [0.15, 0.2) is 29.2 Å². The molecule has 0 radical (unpaired) electrons. The lowest BCUT2D eigenvalue weighted by Gasteiger charge is -2.06. The number of rotatable bonds is 7. The fourth-order valence-corrected chi connectivity index (χ4v) is 1.89. The molecule has 0 bridgehead atoms. The Hall–Kier alpha value is -1.09. The lowest BCUT2D eigenvalue weighted by Crippen LogP contribution is -2.26. The molecule has 1 aliphatic rings. The van der Waals surface area contributed by atoms with E-state index in [1.54, 1.807) is 16.7 Å². The summed E-state index contributed by atoms with van der Waals surface area (Å²) in [5.74, 6) is 1.03. The topological polar surface area (TPSA) is 34.0 Å². The van der Waals surface area contributed by atoms with Gasteiger partial charge in [0, 0.05) is 25.4 Å². The number of nitrogens with zero attached hydrogens (tertiary/aromatic N) is 1. The summed E-state index contributed by atoms with van der Waals surface area (Å²) in [6.07, 6.45) is 7.37. The summed E-state index contributed by atoms with van der Waals surface area (Å²) in [5, 5.41) is 3.38. The Balaban J connectivity index is 1.56. The first-order chi connectivity index (χ1) is 7.86. The molecule has 0 unspecified atom stereocenters. The van der Waals surface area contributed by atoms with Gasteiger partial charge in [-0.1, -0.05) is 18.9 Å². The normalized spacial score (nSPS) is 15.2. The van der Waals surface area contributed by atoms with Crippen molar-refractivity contribution in [1.29, 1.82) is 0 Å². The molecule has 1 saturated carbocycles. The van der Waals surface area contributed by atoms with E-state index in [1.165, 1.54) is 25.7 Å². The Morgan fingerprint density at radius 1 is 1.31 bits per heavy atom. The van der Waals surface area contributed by atoms with Crippen molar-refractivity contribution in [2.24, 2.45) is 5.92 Å². The summed E-state index contributed by atoms with van der Waals surface area (Å²) >= 11 is 0. The predicted octanol–water partition coefficient (Wildman–Crippen LogP) is 1.63. The van der Waals surface area contributed by atoms with Gasteiger partial charge < -0.3 is 9.88 Å². The van der Waals surface area contributed by atoms with Crippen molar-refractivity contribution in [3.8, 4) is 0 Å². The van der Waals surface area contributed by atoms with Gasteiger partial charge in [0.25, 0.3) is 5.56 Å². The number of pyridine rings is 1. The van der Waals surface area contributed by atoms with Crippen molar-refractivity contribution in [3.05, 3.63) is 34.7 Å². The Labute approximate surface area is 96.5 Å². The van der Waals surface area contributed by atoms with E-state index in [4.69, 9.17) is 0 Å². The molecule has 1 fully saturated rings. The van der Waals surface area contributed by atoms with E-state index < -0.39 is 0 Å². The maximum absolute atomic E-state index is 11.4. The number of hydrogen-bond acceptors (Lipinski definition) is 2. The van der Waals surface area contributed by atoms with E-state index in [1.807, 2.05) is 12.3 Å². The van der Waals surface area contributed by atoms with Crippen molar-refractivity contribution in [2.45, 2.75) is 32.2 Å². The van der Waals surface area contributed by atoms with Crippen molar-refractivity contribution in [3.63, 3.8) is 0 Å². The second-order valence-electron chi connectivity index (χ2n) is 4.57. The molecular formula is C13H20N2O. The first-order valence-electron chi connectivity index (χ1n) is 6.22. The lowest BCUT2D eigenvalue weighted by molar-refractivity contribution is 0.551. The molecule has 1 aromatic rings. The Kier molecular flexibility index (Phi) is 4.17. The van der Waals surface area contributed by atoms with E-state index >= 15 is 0 Å². The summed E-state index contributed by atoms with van der Waals surface area (Å²) in [6, 6.07) is 5.28. The van der Waals surface area contributed by atoms with Crippen molar-refractivity contribution in [2.75, 3.05) is 13.1 Å². The fraction of sp³-hybridized carbons (Fsp3) is 0.615. The third-order valence-corrected chi connectivity index (χ3v) is 3.09. The zero-order valence-electron chi connectivity index (χ0n) is 9.69. The van der Waals surface area contributed by atoms with Gasteiger partial charge in [-0.15, -0.1) is 0 Å². The molecule has 1 N–H and O–H groups in total. The minimum atomic E-state index is 0.0854. The zero-order valence-corrected chi connectivity index (χ0v) is 9.69. The van der Waals surface area contributed by atoms with Crippen LogP contribution in [0, 0.1) is 5.92 Å². The van der Waals surface area contributed by atoms with Crippen LogP contribution in [-0.4, -0.2) is 17.7 Å². The van der Waals surface area contributed by atoms with E-state index in [-0.39, 0.29) is 5.56 Å². The van der Waals surface area contributed by atoms with Gasteiger partial charge in [-0.2, -0.15) is 0 Å². The molecule has 3 heteroatoms. The highest BCUT2D eigenvalue weighted by Gasteiger charge is 2.19. The molecule has 1 aromatic heterocycles. The van der Waals surface area contributed by atoms with Crippen LogP contribution in [-0.2, 0) is 6.54 Å². The molecule has 1 heterocycles. The highest BCUT2D eigenvalue weighted by atomic mass is 16.1. The second-order valence-corrected chi connectivity index (χ2v) is 4.57. The molecule has 88 valence electrons. The van der Waals surface area contributed by atoms with E-state index in [9.17, 15) is 4.79 Å². The molecule has 1 aliphatic carbocycles. The Bertz CT molecular complexity index is 368. The third kappa shape index (κ3) is 3.81. The van der Waals surface area contributed by atoms with Crippen LogP contribution < -0.4 is 10.9 Å². The molecule has 0 atom stereocenters. The van der Waals surface area contributed by atoms with Gasteiger partial charge in [-0.25, -0.2) is 0 Å². The van der Waals surface area contributed by atoms with Crippen LogP contribution in [0.4, 0.5) is 0 Å². The Morgan fingerprint density at radius 3 is 2.94 bits per heavy atom. The van der Waals surface area contributed by atoms with Gasteiger partial charge in [0.1, 0.15) is 0 Å². The number of hydrogen-bond donors (Lipinski definition) is 1. The van der Waals surface area contributed by atoms with Crippen LogP contribution >= 0.6 is 0 Å². The molecule has 0 aromatic carbocycles. The smallest absolute Gasteiger partial charge is 0.250 e. The van der Waals surface area contributed by atoms with Crippen LogP contribution in [0.2, 0.25) is 0 Å². The Morgan fingerprint density at radius 2 is 2.19 bits per heavy atom. The van der Waals surface area contributed by atoms with Gasteiger partial charge in [0.05, 0.1) is 0 Å². The summed E-state index contributed by atoms with van der Waals surface area (Å²) in [5.41, 5.74) is 0.0854. The summed E-state index contributed by atoms with van der Waals surface area (Å²) < 4.78 is 1.74. The summed E-state index contributed by atoms with van der Waals surface area (Å²) in [4.78, 5) is 11.4. The summed E-state index contributed by atoms with van der Waals surface area (Å²) in [7, 11) is 0. The van der Waals surface area contributed by atoms with Gasteiger partial charge in [-0.3, -0.25) is 4.79 Å². The standard InChI is InChI=1S/C13H20N2O/c16-13-5-1-2-10-15(13)11-9-14-8-3-4-12-6-7-12/h1-2,5,10,12,14H,3-4,6-9,11H2. The molecule has 0 aliphatic heterocycles. The van der Waals surface area contributed by atoms with E-state index in [0.29, 0.717) is 0 Å². The molecule has 0 saturated heterocycles. The first-order valence-corrected chi connectivity index (χ1v) is 6.22. The number of nitrogens with one attached hydrogen (secondary N) is 1. The maximum Gasteiger partial charge on any atom is 0.250 e. The second kappa shape index (κ2) is 5.85. The molecular weight excluding hydrogens is 200 g/mol. The third-order valence-electron chi connectivity index (χ3n) is 3.09. The monoisotopic (exact) mass is 220 g/mol. The van der Waals surface area contributed by atoms with Gasteiger partial charge >= 0.3 is 0 Å². The van der Waals surface area contributed by atoms with Gasteiger partial charge in [0.2, 0.25) is 0 Å². The van der Waals surface area contributed by atoms with Crippen LogP contribution in [0.1, 0.15) is 25.7 Å². The molecule has 2 rings (SSSR count). The van der Waals surface area contributed by atoms with Crippen molar-refractivity contribution < 1.29 is 0 Å². The zero-order chi connectivity index (χ0) is 11.2. The van der Waals surface area contributed by atoms with Crippen molar-refractivity contribution in [1.82, 2.24) is 9.88 Å². The minimum absolute atomic E-state index is 0.0854. The van der Waals surface area contributed by atoms with Gasteiger partial charge in [-0.05, 0) is 31.4 Å². The molecule has 3 nitrogen and oxygen atoms in total. The average Bonchev–Trinajstić information content (AvgIpc) is 3.09.